The van der Waals surface area contributed by atoms with Gasteiger partial charge in [-0.15, -0.1) is 0 Å². The van der Waals surface area contributed by atoms with Crippen LogP contribution in [0.2, 0.25) is 0 Å². The second-order valence-corrected chi connectivity index (χ2v) is 4.31. The van der Waals surface area contributed by atoms with Crippen LogP contribution in [-0.2, 0) is 4.74 Å². The van der Waals surface area contributed by atoms with Crippen LogP contribution in [0.25, 0.3) is 0 Å². The summed E-state index contributed by atoms with van der Waals surface area (Å²) in [5.41, 5.74) is 5.66. The van der Waals surface area contributed by atoms with E-state index >= 15 is 0 Å². The van der Waals surface area contributed by atoms with Crippen molar-refractivity contribution in [2.24, 2.45) is 10.9 Å². The molecule has 0 bridgehead atoms. The van der Waals surface area contributed by atoms with Crippen LogP contribution >= 0.6 is 0 Å². The number of likely N-dealkylation sites (tertiary alicyclic amines) is 1. The van der Waals surface area contributed by atoms with Crippen LogP contribution < -0.4 is 5.73 Å². The van der Waals surface area contributed by atoms with Crippen LogP contribution in [0.5, 0.6) is 0 Å². The Morgan fingerprint density at radius 1 is 1.47 bits per heavy atom. The first-order valence-electron chi connectivity index (χ1n) is 5.64. The summed E-state index contributed by atoms with van der Waals surface area (Å²) in [5, 5.41) is 11.8. The van der Waals surface area contributed by atoms with Gasteiger partial charge in [0.05, 0.1) is 12.1 Å². The Kier molecular flexibility index (Phi) is 3.43. The largest absolute Gasteiger partial charge is 0.409 e. The molecule has 2 saturated heterocycles. The molecule has 0 aromatic carbocycles. The molecule has 0 aromatic heterocycles. The third-order valence-corrected chi connectivity index (χ3v) is 3.28. The second kappa shape index (κ2) is 4.81. The van der Waals surface area contributed by atoms with Crippen molar-refractivity contribution in [3.05, 3.63) is 0 Å². The molecule has 2 rings (SSSR count). The van der Waals surface area contributed by atoms with Crippen LogP contribution in [0.3, 0.4) is 0 Å². The summed E-state index contributed by atoms with van der Waals surface area (Å²) in [4.78, 5) is 2.27. The first-order chi connectivity index (χ1) is 7.31. The Balaban J connectivity index is 1.89. The fraction of sp³-hybridized carbons (Fsp3) is 0.900. The summed E-state index contributed by atoms with van der Waals surface area (Å²) < 4.78 is 5.59. The van der Waals surface area contributed by atoms with Gasteiger partial charge in [-0.25, -0.2) is 0 Å². The van der Waals surface area contributed by atoms with Gasteiger partial charge in [0.1, 0.15) is 0 Å². The lowest BCUT2D eigenvalue weighted by Crippen LogP contribution is -2.43. The molecular formula is C10H19N3O2. The summed E-state index contributed by atoms with van der Waals surface area (Å²) in [5.74, 6) is 0.338. The summed E-state index contributed by atoms with van der Waals surface area (Å²) in [7, 11) is 0. The predicted octanol–water partition coefficient (Wildman–Crippen LogP) is 0.376. The van der Waals surface area contributed by atoms with Crippen LogP contribution in [0.1, 0.15) is 25.7 Å². The Hall–Kier alpha value is -0.810. The highest BCUT2D eigenvalue weighted by atomic mass is 16.5. The van der Waals surface area contributed by atoms with Crippen LogP contribution in [0, 0.1) is 0 Å². The minimum Gasteiger partial charge on any atom is -0.409 e. The van der Waals surface area contributed by atoms with Gasteiger partial charge in [-0.2, -0.15) is 0 Å². The molecule has 15 heavy (non-hydrogen) atoms. The van der Waals surface area contributed by atoms with Crippen LogP contribution in [0.15, 0.2) is 5.16 Å². The van der Waals surface area contributed by atoms with Gasteiger partial charge in [0.2, 0.25) is 0 Å². The van der Waals surface area contributed by atoms with E-state index in [1.54, 1.807) is 0 Å². The normalized spacial score (nSPS) is 33.7. The molecule has 0 aromatic rings. The maximum Gasteiger partial charge on any atom is 0.156 e. The van der Waals surface area contributed by atoms with E-state index in [9.17, 15) is 0 Å². The van der Waals surface area contributed by atoms with E-state index in [4.69, 9.17) is 15.7 Å². The Labute approximate surface area is 89.9 Å². The standard InChI is InChI=1S/C10H19N3O2/c11-10(12-14)9-4-1-5-13(9)7-8-3-2-6-15-8/h8-9,14H,1-7H2,(H2,11,12). The highest BCUT2D eigenvalue weighted by Crippen LogP contribution is 2.21. The number of nitrogens with two attached hydrogens (primary N) is 1. The topological polar surface area (TPSA) is 71.1 Å². The van der Waals surface area contributed by atoms with Crippen LogP contribution in [0.4, 0.5) is 0 Å². The molecule has 2 aliphatic heterocycles. The molecule has 2 heterocycles. The van der Waals surface area contributed by atoms with Gasteiger partial charge < -0.3 is 15.7 Å². The Morgan fingerprint density at radius 3 is 3.00 bits per heavy atom. The van der Waals surface area contributed by atoms with Gasteiger partial charge in [0.25, 0.3) is 0 Å². The van der Waals surface area contributed by atoms with Crippen molar-refractivity contribution in [1.29, 1.82) is 0 Å². The summed E-state index contributed by atoms with van der Waals surface area (Å²) in [6.07, 6.45) is 4.75. The Morgan fingerprint density at radius 2 is 2.33 bits per heavy atom. The van der Waals surface area contributed by atoms with Gasteiger partial charge in [0.15, 0.2) is 5.84 Å². The average Bonchev–Trinajstić information content (AvgIpc) is 2.88. The highest BCUT2D eigenvalue weighted by molar-refractivity contribution is 5.85. The molecule has 0 radical (unpaired) electrons. The number of rotatable bonds is 3. The molecule has 2 fully saturated rings. The van der Waals surface area contributed by atoms with Gasteiger partial charge >= 0.3 is 0 Å². The van der Waals surface area contributed by atoms with E-state index in [1.165, 1.54) is 0 Å². The zero-order valence-electron chi connectivity index (χ0n) is 8.93. The van der Waals surface area contributed by atoms with Crippen molar-refractivity contribution < 1.29 is 9.94 Å². The van der Waals surface area contributed by atoms with Gasteiger partial charge in [-0.1, -0.05) is 5.16 Å². The lowest BCUT2D eigenvalue weighted by Gasteiger charge is -2.25. The monoisotopic (exact) mass is 213 g/mol. The third kappa shape index (κ3) is 2.41. The van der Waals surface area contributed by atoms with Crippen molar-refractivity contribution in [2.45, 2.75) is 37.8 Å². The molecule has 0 amide bonds. The lowest BCUT2D eigenvalue weighted by molar-refractivity contribution is 0.0755. The Bertz CT molecular complexity index is 239. The van der Waals surface area contributed by atoms with E-state index in [0.717, 1.165) is 45.4 Å². The molecule has 0 saturated carbocycles. The quantitative estimate of drug-likeness (QED) is 0.308. The first-order valence-corrected chi connectivity index (χ1v) is 5.64. The summed E-state index contributed by atoms with van der Waals surface area (Å²) in [6, 6.07) is 0.110. The minimum atomic E-state index is 0.110. The zero-order valence-corrected chi connectivity index (χ0v) is 8.93. The molecule has 2 unspecified atom stereocenters. The van der Waals surface area contributed by atoms with E-state index in [-0.39, 0.29) is 6.04 Å². The number of hydrogen-bond acceptors (Lipinski definition) is 4. The van der Waals surface area contributed by atoms with E-state index in [1.807, 2.05) is 0 Å². The number of hydrogen-bond donors (Lipinski definition) is 2. The van der Waals surface area contributed by atoms with Crippen molar-refractivity contribution in [3.8, 4) is 0 Å². The number of nitrogens with zero attached hydrogens (tertiary/aromatic N) is 2. The highest BCUT2D eigenvalue weighted by Gasteiger charge is 2.30. The average molecular weight is 213 g/mol. The third-order valence-electron chi connectivity index (χ3n) is 3.28. The molecule has 2 aliphatic rings. The van der Waals surface area contributed by atoms with Gasteiger partial charge in [-0.05, 0) is 32.2 Å². The molecule has 0 aliphatic carbocycles. The van der Waals surface area contributed by atoms with Crippen LogP contribution in [-0.4, -0.2) is 47.8 Å². The van der Waals surface area contributed by atoms with Gasteiger partial charge in [-0.3, -0.25) is 4.90 Å². The minimum absolute atomic E-state index is 0.110. The van der Waals surface area contributed by atoms with Crippen molar-refractivity contribution in [2.75, 3.05) is 19.7 Å². The predicted molar refractivity (Wildman–Crippen MR) is 57.0 cm³/mol. The summed E-state index contributed by atoms with van der Waals surface area (Å²) >= 11 is 0. The fourth-order valence-electron chi connectivity index (χ4n) is 2.50. The van der Waals surface area contributed by atoms with E-state index in [2.05, 4.69) is 10.1 Å². The molecule has 86 valence electrons. The number of amidine groups is 1. The second-order valence-electron chi connectivity index (χ2n) is 4.31. The lowest BCUT2D eigenvalue weighted by atomic mass is 10.2. The number of ether oxygens (including phenoxy) is 1. The molecular weight excluding hydrogens is 194 g/mol. The van der Waals surface area contributed by atoms with Crippen molar-refractivity contribution in [3.63, 3.8) is 0 Å². The smallest absolute Gasteiger partial charge is 0.156 e. The zero-order chi connectivity index (χ0) is 10.7. The molecule has 5 heteroatoms. The maximum absolute atomic E-state index is 8.68. The van der Waals surface area contributed by atoms with E-state index < -0.39 is 0 Å². The fourth-order valence-corrected chi connectivity index (χ4v) is 2.50. The number of oxime groups is 1. The van der Waals surface area contributed by atoms with Crippen molar-refractivity contribution in [1.82, 2.24) is 4.90 Å². The van der Waals surface area contributed by atoms with E-state index in [0.29, 0.717) is 11.9 Å². The van der Waals surface area contributed by atoms with Gasteiger partial charge in [0, 0.05) is 13.2 Å². The van der Waals surface area contributed by atoms with Crippen molar-refractivity contribution >= 4 is 5.84 Å². The molecule has 5 nitrogen and oxygen atoms in total. The molecule has 2 atom stereocenters. The molecule has 0 spiro atoms. The first kappa shape index (κ1) is 10.7. The molecule has 3 N–H and O–H groups in total. The SMILES string of the molecule is NC(=NO)C1CCCN1CC1CCCO1. The maximum atomic E-state index is 8.68. The summed E-state index contributed by atoms with van der Waals surface area (Å²) in [6.45, 7) is 2.83.